The lowest BCUT2D eigenvalue weighted by Crippen LogP contribution is -2.43. The minimum absolute atomic E-state index is 0.0283. The molecule has 2 atom stereocenters. The molecule has 1 aliphatic rings. The summed E-state index contributed by atoms with van der Waals surface area (Å²) < 4.78 is 28.0. The molecule has 0 radical (unpaired) electrons. The number of halogens is 1. The van der Waals surface area contributed by atoms with Crippen LogP contribution in [0.4, 0.5) is 16.0 Å². The first-order valence-corrected chi connectivity index (χ1v) is 11.9. The summed E-state index contributed by atoms with van der Waals surface area (Å²) in [5, 5.41) is 25.9. The Kier molecular flexibility index (Phi) is 7.13. The van der Waals surface area contributed by atoms with Crippen molar-refractivity contribution in [3.8, 4) is 5.69 Å². The Bertz CT molecular complexity index is 1560. The van der Waals surface area contributed by atoms with Gasteiger partial charge >= 0.3 is 5.69 Å². The summed E-state index contributed by atoms with van der Waals surface area (Å²) in [5.41, 5.74) is 1.40. The number of aliphatic hydroxyl groups is 1. The Labute approximate surface area is 215 Å². The van der Waals surface area contributed by atoms with Crippen LogP contribution in [-0.2, 0) is 22.6 Å². The maximum absolute atomic E-state index is 13.5. The maximum atomic E-state index is 13.5. The van der Waals surface area contributed by atoms with Gasteiger partial charge in [-0.2, -0.15) is 9.78 Å². The lowest BCUT2D eigenvalue weighted by Gasteiger charge is -2.27. The first kappa shape index (κ1) is 25.4. The van der Waals surface area contributed by atoms with E-state index in [9.17, 15) is 19.1 Å². The van der Waals surface area contributed by atoms with Crippen LogP contribution in [0.15, 0.2) is 58.3 Å². The summed E-state index contributed by atoms with van der Waals surface area (Å²) in [4.78, 5) is 25.4. The number of aromatic nitrogens is 6. The molecule has 0 spiro atoms. The second-order valence-electron chi connectivity index (χ2n) is 8.91. The van der Waals surface area contributed by atoms with Gasteiger partial charge in [0, 0.05) is 12.8 Å². The highest BCUT2D eigenvalue weighted by Gasteiger charge is 2.27. The Hall–Kier alpha value is -4.20. The van der Waals surface area contributed by atoms with Gasteiger partial charge < -0.3 is 19.9 Å². The van der Waals surface area contributed by atoms with Crippen molar-refractivity contribution in [2.24, 2.45) is 0 Å². The molecule has 2 N–H and O–H groups in total. The van der Waals surface area contributed by atoms with E-state index in [4.69, 9.17) is 9.47 Å². The van der Waals surface area contributed by atoms with Crippen LogP contribution in [0.1, 0.15) is 23.0 Å². The molecule has 0 saturated heterocycles. The van der Waals surface area contributed by atoms with E-state index in [1.54, 1.807) is 30.3 Å². The van der Waals surface area contributed by atoms with Crippen molar-refractivity contribution in [1.29, 1.82) is 0 Å². The van der Waals surface area contributed by atoms with Crippen LogP contribution in [0.3, 0.4) is 0 Å². The monoisotopic (exact) mass is 523 g/mol. The highest BCUT2D eigenvalue weighted by Crippen LogP contribution is 2.31. The molecule has 13 heteroatoms. The predicted molar refractivity (Wildman–Crippen MR) is 134 cm³/mol. The lowest BCUT2D eigenvalue weighted by molar-refractivity contribution is 0.0519. The molecule has 0 fully saturated rings. The summed E-state index contributed by atoms with van der Waals surface area (Å²) in [7, 11) is 1.42. The zero-order chi connectivity index (χ0) is 26.8. The summed E-state index contributed by atoms with van der Waals surface area (Å²) in [6.07, 6.45) is -0.00978. The van der Waals surface area contributed by atoms with Crippen LogP contribution in [0, 0.1) is 12.7 Å². The van der Waals surface area contributed by atoms with Crippen LogP contribution < -0.4 is 16.6 Å². The van der Waals surface area contributed by atoms with E-state index in [0.717, 1.165) is 26.6 Å². The van der Waals surface area contributed by atoms with E-state index >= 15 is 0 Å². The van der Waals surface area contributed by atoms with Gasteiger partial charge in [-0.1, -0.05) is 18.2 Å². The van der Waals surface area contributed by atoms with Crippen LogP contribution >= 0.6 is 0 Å². The third kappa shape index (κ3) is 4.98. The van der Waals surface area contributed by atoms with Crippen LogP contribution in [-0.4, -0.2) is 60.6 Å². The number of benzene rings is 2. The van der Waals surface area contributed by atoms with Gasteiger partial charge in [0.25, 0.3) is 5.56 Å². The third-order valence-corrected chi connectivity index (χ3v) is 6.27. The van der Waals surface area contributed by atoms with Crippen molar-refractivity contribution in [2.75, 3.05) is 25.6 Å². The zero-order valence-electron chi connectivity index (χ0n) is 20.7. The number of aliphatic hydroxyl groups excluding tert-OH is 1. The molecule has 3 heterocycles. The van der Waals surface area contributed by atoms with Crippen molar-refractivity contribution < 1.29 is 19.0 Å². The van der Waals surface area contributed by atoms with Crippen molar-refractivity contribution in [3.05, 3.63) is 92.3 Å². The minimum atomic E-state index is -1.03. The fraction of sp³-hybridized carbons (Fsp3) is 0.320. The molecule has 4 aromatic rings. The van der Waals surface area contributed by atoms with Crippen LogP contribution in [0.5, 0.6) is 0 Å². The van der Waals surface area contributed by atoms with Crippen molar-refractivity contribution >= 4 is 11.6 Å². The van der Waals surface area contributed by atoms with E-state index in [-0.39, 0.29) is 31.6 Å². The Morgan fingerprint density at radius 1 is 1.21 bits per heavy atom. The average Bonchev–Trinajstić information content (AvgIpc) is 3.32. The number of nitrogens with one attached hydrogen (secondary N) is 1. The van der Waals surface area contributed by atoms with Crippen molar-refractivity contribution in [1.82, 2.24) is 29.1 Å². The number of methoxy groups -OCH3 is 1. The van der Waals surface area contributed by atoms with Gasteiger partial charge in [-0.05, 0) is 42.3 Å². The molecular formula is C25H26FN7O5. The molecule has 0 saturated carbocycles. The SMILES string of the molecule is COC[C@H](O)Cn1c(=O)cnn(-c2ccc(C)c(Nc3nnc4n3[C@H](c3ccc(F)cc3)COC4)c2)c1=O. The third-order valence-electron chi connectivity index (χ3n) is 6.27. The van der Waals surface area contributed by atoms with Gasteiger partial charge in [0.1, 0.15) is 18.6 Å². The molecule has 0 amide bonds. The number of ether oxygens (including phenoxy) is 2. The van der Waals surface area contributed by atoms with Crippen LogP contribution in [0.2, 0.25) is 0 Å². The molecule has 198 valence electrons. The first-order valence-electron chi connectivity index (χ1n) is 11.9. The fourth-order valence-electron chi connectivity index (χ4n) is 4.33. The molecule has 5 rings (SSSR count). The Morgan fingerprint density at radius 2 is 2.00 bits per heavy atom. The lowest BCUT2D eigenvalue weighted by atomic mass is 10.1. The molecule has 1 aliphatic heterocycles. The number of hydrogen-bond acceptors (Lipinski definition) is 9. The Balaban J connectivity index is 1.49. The van der Waals surface area contributed by atoms with Gasteiger partial charge in [0.05, 0.1) is 37.6 Å². The standard InChI is InChI=1S/C25H26FN7O5/c1-15-3-8-18(33-25(36)31(23(35)10-27-33)11-19(34)12-37-2)9-20(15)28-24-30-29-22-14-38-13-21(32(22)24)16-4-6-17(26)7-5-16/h3-10,19,21,34H,11-14H2,1-2H3,(H,28,30)/t19-,21+/m1/s1. The van der Waals surface area contributed by atoms with Gasteiger partial charge in [0.2, 0.25) is 5.95 Å². The number of aryl methyl sites for hydroxylation is 1. The largest absolute Gasteiger partial charge is 0.389 e. The fourth-order valence-corrected chi connectivity index (χ4v) is 4.33. The zero-order valence-corrected chi connectivity index (χ0v) is 20.7. The molecule has 38 heavy (non-hydrogen) atoms. The second kappa shape index (κ2) is 10.7. The molecular weight excluding hydrogens is 497 g/mol. The van der Waals surface area contributed by atoms with Crippen molar-refractivity contribution in [2.45, 2.75) is 32.2 Å². The summed E-state index contributed by atoms with van der Waals surface area (Å²) in [6.45, 7) is 2.27. The van der Waals surface area contributed by atoms with Gasteiger partial charge in [-0.25, -0.2) is 9.18 Å². The summed E-state index contributed by atoms with van der Waals surface area (Å²) in [6, 6.07) is 11.1. The molecule has 0 aliphatic carbocycles. The van der Waals surface area contributed by atoms with Gasteiger partial charge in [0.15, 0.2) is 5.82 Å². The number of hydrogen-bond donors (Lipinski definition) is 2. The second-order valence-corrected chi connectivity index (χ2v) is 8.91. The van der Waals surface area contributed by atoms with E-state index in [0.29, 0.717) is 29.8 Å². The molecule has 0 unspecified atom stereocenters. The topological polar surface area (TPSA) is 138 Å². The van der Waals surface area contributed by atoms with E-state index < -0.39 is 17.4 Å². The Morgan fingerprint density at radius 3 is 2.76 bits per heavy atom. The predicted octanol–water partition coefficient (Wildman–Crippen LogP) is 1.30. The van der Waals surface area contributed by atoms with Gasteiger partial charge in [-0.3, -0.25) is 13.9 Å². The quantitative estimate of drug-likeness (QED) is 0.350. The summed E-state index contributed by atoms with van der Waals surface area (Å²) >= 11 is 0. The summed E-state index contributed by atoms with van der Waals surface area (Å²) in [5.74, 6) is 0.732. The van der Waals surface area contributed by atoms with Crippen LogP contribution in [0.25, 0.3) is 5.69 Å². The number of fused-ring (bicyclic) bond motifs is 1. The first-order chi connectivity index (χ1) is 18.4. The molecule has 2 aromatic heterocycles. The average molecular weight is 524 g/mol. The molecule has 0 bridgehead atoms. The number of nitrogens with zero attached hydrogens (tertiary/aromatic N) is 6. The van der Waals surface area contributed by atoms with E-state index in [1.807, 2.05) is 11.5 Å². The minimum Gasteiger partial charge on any atom is -0.389 e. The highest BCUT2D eigenvalue weighted by atomic mass is 19.1. The normalized spacial score (nSPS) is 15.7. The maximum Gasteiger partial charge on any atom is 0.352 e. The molecule has 2 aromatic carbocycles. The van der Waals surface area contributed by atoms with E-state index in [2.05, 4.69) is 20.6 Å². The van der Waals surface area contributed by atoms with E-state index in [1.165, 1.54) is 19.2 Å². The smallest absolute Gasteiger partial charge is 0.352 e. The number of anilines is 2. The molecule has 12 nitrogen and oxygen atoms in total. The highest BCUT2D eigenvalue weighted by molar-refractivity contribution is 5.62. The number of rotatable bonds is 8. The van der Waals surface area contributed by atoms with Gasteiger partial charge in [-0.15, -0.1) is 10.2 Å². The van der Waals surface area contributed by atoms with Crippen molar-refractivity contribution in [3.63, 3.8) is 0 Å².